The maximum absolute atomic E-state index is 11.7. The van der Waals surface area contributed by atoms with Crippen LogP contribution in [0, 0.1) is 8.99 Å². The molecular weight excluding hydrogens is 345 g/mol. The SMILES string of the molecule is CC(C)(CNC(=O)Cc1cccc(I)c1)C(=O)O. The number of aliphatic carboxylic acids is 1. The summed E-state index contributed by atoms with van der Waals surface area (Å²) < 4.78 is 1.07. The van der Waals surface area contributed by atoms with E-state index in [4.69, 9.17) is 5.11 Å². The Balaban J connectivity index is 2.50. The zero-order chi connectivity index (χ0) is 13.8. The lowest BCUT2D eigenvalue weighted by Gasteiger charge is -2.19. The van der Waals surface area contributed by atoms with Gasteiger partial charge in [0.1, 0.15) is 0 Å². The molecule has 0 bridgehead atoms. The molecule has 1 aromatic rings. The van der Waals surface area contributed by atoms with Crippen molar-refractivity contribution in [1.29, 1.82) is 0 Å². The van der Waals surface area contributed by atoms with E-state index in [1.54, 1.807) is 13.8 Å². The van der Waals surface area contributed by atoms with Crippen molar-refractivity contribution in [3.63, 3.8) is 0 Å². The maximum Gasteiger partial charge on any atom is 0.310 e. The first-order valence-corrected chi connectivity index (χ1v) is 6.64. The first kappa shape index (κ1) is 14.9. The van der Waals surface area contributed by atoms with E-state index < -0.39 is 11.4 Å². The molecule has 0 saturated carbocycles. The Labute approximate surface area is 120 Å². The summed E-state index contributed by atoms with van der Waals surface area (Å²) in [6.07, 6.45) is 0.270. The summed E-state index contributed by atoms with van der Waals surface area (Å²) >= 11 is 2.19. The van der Waals surface area contributed by atoms with E-state index in [9.17, 15) is 9.59 Å². The van der Waals surface area contributed by atoms with Gasteiger partial charge in [-0.05, 0) is 54.1 Å². The van der Waals surface area contributed by atoms with Gasteiger partial charge < -0.3 is 10.4 Å². The van der Waals surface area contributed by atoms with Crippen molar-refractivity contribution in [3.05, 3.63) is 33.4 Å². The zero-order valence-electron chi connectivity index (χ0n) is 10.4. The Morgan fingerprint density at radius 3 is 2.61 bits per heavy atom. The van der Waals surface area contributed by atoms with E-state index >= 15 is 0 Å². The minimum atomic E-state index is -0.944. The fourth-order valence-corrected chi connectivity index (χ4v) is 1.90. The van der Waals surface area contributed by atoms with Gasteiger partial charge in [-0.1, -0.05) is 12.1 Å². The van der Waals surface area contributed by atoms with Crippen molar-refractivity contribution in [3.8, 4) is 0 Å². The molecule has 0 aliphatic carbocycles. The molecule has 0 saturated heterocycles. The van der Waals surface area contributed by atoms with Gasteiger partial charge in [0.25, 0.3) is 0 Å². The summed E-state index contributed by atoms with van der Waals surface area (Å²) in [6, 6.07) is 7.66. The number of benzene rings is 1. The standard InChI is InChI=1S/C13H16INO3/c1-13(2,12(17)18)8-15-11(16)7-9-4-3-5-10(14)6-9/h3-6H,7-8H2,1-2H3,(H,15,16)(H,17,18). The van der Waals surface area contributed by atoms with Crippen LogP contribution in [0.2, 0.25) is 0 Å². The number of hydrogen-bond acceptors (Lipinski definition) is 2. The molecule has 0 heterocycles. The fraction of sp³-hybridized carbons (Fsp3) is 0.385. The number of halogens is 1. The van der Waals surface area contributed by atoms with Gasteiger partial charge in [0.15, 0.2) is 0 Å². The van der Waals surface area contributed by atoms with Crippen LogP contribution in [0.3, 0.4) is 0 Å². The minimum Gasteiger partial charge on any atom is -0.481 e. The first-order valence-electron chi connectivity index (χ1n) is 5.56. The molecule has 1 amide bonds. The molecular formula is C13H16INO3. The molecule has 0 aromatic heterocycles. The maximum atomic E-state index is 11.7. The summed E-state index contributed by atoms with van der Waals surface area (Å²) in [7, 11) is 0. The van der Waals surface area contributed by atoms with Crippen LogP contribution in [0.1, 0.15) is 19.4 Å². The zero-order valence-corrected chi connectivity index (χ0v) is 12.5. The van der Waals surface area contributed by atoms with Crippen LogP contribution in [0.15, 0.2) is 24.3 Å². The molecule has 5 heteroatoms. The lowest BCUT2D eigenvalue weighted by molar-refractivity contribution is -0.146. The van der Waals surface area contributed by atoms with Gasteiger partial charge >= 0.3 is 5.97 Å². The second-order valence-electron chi connectivity index (χ2n) is 4.77. The number of hydrogen-bond donors (Lipinski definition) is 2. The molecule has 0 atom stereocenters. The predicted molar refractivity (Wildman–Crippen MR) is 77.3 cm³/mol. The van der Waals surface area contributed by atoms with Gasteiger partial charge in [-0.2, -0.15) is 0 Å². The lowest BCUT2D eigenvalue weighted by atomic mass is 9.94. The van der Waals surface area contributed by atoms with Crippen LogP contribution >= 0.6 is 22.6 Å². The topological polar surface area (TPSA) is 66.4 Å². The van der Waals surface area contributed by atoms with E-state index in [1.807, 2.05) is 24.3 Å². The highest BCUT2D eigenvalue weighted by Crippen LogP contribution is 2.13. The molecule has 1 aromatic carbocycles. The molecule has 0 aliphatic heterocycles. The molecule has 98 valence electrons. The molecule has 4 nitrogen and oxygen atoms in total. The van der Waals surface area contributed by atoms with Crippen molar-refractivity contribution >= 4 is 34.5 Å². The Bertz CT molecular complexity index is 457. The minimum absolute atomic E-state index is 0.130. The highest BCUT2D eigenvalue weighted by atomic mass is 127. The number of amides is 1. The van der Waals surface area contributed by atoms with E-state index in [2.05, 4.69) is 27.9 Å². The monoisotopic (exact) mass is 361 g/mol. The molecule has 0 aliphatic rings. The Morgan fingerprint density at radius 1 is 1.39 bits per heavy atom. The van der Waals surface area contributed by atoms with Gasteiger partial charge in [-0.25, -0.2) is 0 Å². The summed E-state index contributed by atoms with van der Waals surface area (Å²) in [5, 5.41) is 11.6. The molecule has 0 spiro atoms. The molecule has 18 heavy (non-hydrogen) atoms. The van der Waals surface area contributed by atoms with Gasteiger partial charge in [-0.3, -0.25) is 9.59 Å². The fourth-order valence-electron chi connectivity index (χ4n) is 1.29. The van der Waals surface area contributed by atoms with Gasteiger partial charge in [0.05, 0.1) is 11.8 Å². The van der Waals surface area contributed by atoms with Crippen LogP contribution in [0.25, 0.3) is 0 Å². The molecule has 2 N–H and O–H groups in total. The third kappa shape index (κ3) is 4.64. The quantitative estimate of drug-likeness (QED) is 0.789. The van der Waals surface area contributed by atoms with E-state index in [-0.39, 0.29) is 18.9 Å². The number of carbonyl (C=O) groups excluding carboxylic acids is 1. The van der Waals surface area contributed by atoms with Crippen LogP contribution < -0.4 is 5.32 Å². The highest BCUT2D eigenvalue weighted by molar-refractivity contribution is 14.1. The number of carboxylic acids is 1. The van der Waals surface area contributed by atoms with Crippen molar-refractivity contribution in [2.45, 2.75) is 20.3 Å². The van der Waals surface area contributed by atoms with Crippen molar-refractivity contribution in [1.82, 2.24) is 5.32 Å². The van der Waals surface area contributed by atoms with Crippen molar-refractivity contribution < 1.29 is 14.7 Å². The van der Waals surface area contributed by atoms with Crippen LogP contribution in [-0.4, -0.2) is 23.5 Å². The summed E-state index contributed by atoms with van der Waals surface area (Å²) in [4.78, 5) is 22.6. The summed E-state index contributed by atoms with van der Waals surface area (Å²) in [5.41, 5.74) is -0.0200. The molecule has 0 fully saturated rings. The third-order valence-corrected chi connectivity index (χ3v) is 3.23. The average molecular weight is 361 g/mol. The summed E-state index contributed by atoms with van der Waals surface area (Å²) in [5.74, 6) is -1.08. The second-order valence-corrected chi connectivity index (χ2v) is 6.02. The van der Waals surface area contributed by atoms with E-state index in [0.29, 0.717) is 0 Å². The smallest absolute Gasteiger partial charge is 0.310 e. The number of carbonyl (C=O) groups is 2. The van der Waals surface area contributed by atoms with Gasteiger partial charge in [-0.15, -0.1) is 0 Å². The molecule has 0 unspecified atom stereocenters. The van der Waals surface area contributed by atoms with E-state index in [0.717, 1.165) is 9.13 Å². The van der Waals surface area contributed by atoms with Gasteiger partial charge in [0, 0.05) is 10.1 Å². The number of nitrogens with one attached hydrogen (secondary N) is 1. The Kier molecular flexibility index (Phi) is 5.13. The number of carboxylic acid groups (broad SMARTS) is 1. The van der Waals surface area contributed by atoms with Crippen molar-refractivity contribution in [2.24, 2.45) is 5.41 Å². The van der Waals surface area contributed by atoms with E-state index in [1.165, 1.54) is 0 Å². The van der Waals surface area contributed by atoms with Crippen LogP contribution in [-0.2, 0) is 16.0 Å². The Hall–Kier alpha value is -1.11. The second kappa shape index (κ2) is 6.17. The van der Waals surface area contributed by atoms with Gasteiger partial charge in [0.2, 0.25) is 5.91 Å². The lowest BCUT2D eigenvalue weighted by Crippen LogP contribution is -2.39. The average Bonchev–Trinajstić information content (AvgIpc) is 2.26. The van der Waals surface area contributed by atoms with Crippen molar-refractivity contribution in [2.75, 3.05) is 6.54 Å². The number of rotatable bonds is 5. The highest BCUT2D eigenvalue weighted by Gasteiger charge is 2.27. The largest absolute Gasteiger partial charge is 0.481 e. The Morgan fingerprint density at radius 2 is 2.06 bits per heavy atom. The molecule has 0 radical (unpaired) electrons. The first-order chi connectivity index (χ1) is 8.31. The van der Waals surface area contributed by atoms with Crippen LogP contribution in [0.5, 0.6) is 0 Å². The summed E-state index contributed by atoms with van der Waals surface area (Å²) in [6.45, 7) is 3.30. The normalized spacial score (nSPS) is 11.1. The predicted octanol–water partition coefficient (Wildman–Crippen LogP) is 2.06. The third-order valence-electron chi connectivity index (χ3n) is 2.56. The molecule has 1 rings (SSSR count). The van der Waals surface area contributed by atoms with Crippen LogP contribution in [0.4, 0.5) is 0 Å².